The van der Waals surface area contributed by atoms with E-state index in [0.717, 1.165) is 11.4 Å². The number of benzene rings is 3. The molecule has 3 aromatic carbocycles. The molecule has 0 atom stereocenters. The summed E-state index contributed by atoms with van der Waals surface area (Å²) in [6.07, 6.45) is 0. The lowest BCUT2D eigenvalue weighted by atomic mass is 10.2. The Morgan fingerprint density at radius 3 is 1.88 bits per heavy atom. The smallest absolute Gasteiger partial charge is 0.338 e. The number of para-hydroxylation sites is 4. The molecule has 0 aliphatic carbocycles. The fraction of sp³-hybridized carbons (Fsp3) is 0.0500. The number of hydrogen-bond donors (Lipinski definition) is 2. The van der Waals surface area contributed by atoms with Crippen LogP contribution in [0, 0.1) is 0 Å². The quantitative estimate of drug-likeness (QED) is 0.673. The van der Waals surface area contributed by atoms with E-state index in [0.29, 0.717) is 11.4 Å². The number of nitrogens with one attached hydrogen (secondary N) is 2. The molecular formula is C20H19N3O2. The second-order valence-corrected chi connectivity index (χ2v) is 5.27. The third kappa shape index (κ3) is 4.09. The molecule has 0 unspecified atom stereocenters. The maximum atomic E-state index is 12.5. The number of anilines is 3. The summed E-state index contributed by atoms with van der Waals surface area (Å²) in [5.41, 5.74) is 5.18. The minimum atomic E-state index is -0.364. The molecule has 0 fully saturated rings. The van der Waals surface area contributed by atoms with Crippen LogP contribution in [-0.4, -0.2) is 13.1 Å². The van der Waals surface area contributed by atoms with Crippen molar-refractivity contribution >= 4 is 23.1 Å². The van der Waals surface area contributed by atoms with Gasteiger partial charge < -0.3 is 10.1 Å². The maximum Gasteiger partial charge on any atom is 0.338 e. The predicted molar refractivity (Wildman–Crippen MR) is 100 cm³/mol. The maximum absolute atomic E-state index is 12.5. The number of nitrogens with zero attached hydrogens (tertiary/aromatic N) is 1. The van der Waals surface area contributed by atoms with Crippen LogP contribution in [0.4, 0.5) is 21.9 Å². The van der Waals surface area contributed by atoms with Gasteiger partial charge >= 0.3 is 6.03 Å². The van der Waals surface area contributed by atoms with Gasteiger partial charge in [-0.1, -0.05) is 48.5 Å². The van der Waals surface area contributed by atoms with Gasteiger partial charge in [-0.15, -0.1) is 0 Å². The van der Waals surface area contributed by atoms with Crippen LogP contribution < -0.4 is 20.5 Å². The highest BCUT2D eigenvalue weighted by atomic mass is 16.5. The number of hydrazine groups is 1. The van der Waals surface area contributed by atoms with Gasteiger partial charge in [-0.25, -0.2) is 10.2 Å². The van der Waals surface area contributed by atoms with Crippen LogP contribution in [0.2, 0.25) is 0 Å². The number of methoxy groups -OCH3 is 1. The molecule has 3 aromatic rings. The van der Waals surface area contributed by atoms with Gasteiger partial charge in [0.2, 0.25) is 0 Å². The molecular weight excluding hydrogens is 314 g/mol. The molecule has 5 heteroatoms. The van der Waals surface area contributed by atoms with Crippen molar-refractivity contribution < 1.29 is 9.53 Å². The third-order valence-corrected chi connectivity index (χ3v) is 3.60. The second kappa shape index (κ2) is 7.88. The van der Waals surface area contributed by atoms with Gasteiger partial charge in [0.1, 0.15) is 5.75 Å². The van der Waals surface area contributed by atoms with Gasteiger partial charge in [0.15, 0.2) is 0 Å². The zero-order valence-corrected chi connectivity index (χ0v) is 13.8. The van der Waals surface area contributed by atoms with E-state index in [-0.39, 0.29) is 6.03 Å². The number of hydrogen-bond acceptors (Lipinski definition) is 3. The minimum Gasteiger partial charge on any atom is -0.495 e. The van der Waals surface area contributed by atoms with Gasteiger partial charge in [-0.2, -0.15) is 0 Å². The summed E-state index contributed by atoms with van der Waals surface area (Å²) >= 11 is 0. The first-order chi connectivity index (χ1) is 12.3. The van der Waals surface area contributed by atoms with Crippen LogP contribution in [0.25, 0.3) is 0 Å². The Morgan fingerprint density at radius 1 is 0.800 bits per heavy atom. The van der Waals surface area contributed by atoms with E-state index >= 15 is 0 Å². The number of rotatable bonds is 5. The molecule has 5 nitrogen and oxygen atoms in total. The molecule has 0 radical (unpaired) electrons. The minimum absolute atomic E-state index is 0.364. The summed E-state index contributed by atoms with van der Waals surface area (Å²) < 4.78 is 5.26. The first-order valence-electron chi connectivity index (χ1n) is 7.89. The Balaban J connectivity index is 1.82. The van der Waals surface area contributed by atoms with E-state index in [4.69, 9.17) is 4.74 Å². The lowest BCUT2D eigenvalue weighted by Crippen LogP contribution is -2.41. The Labute approximate surface area is 146 Å². The van der Waals surface area contributed by atoms with Gasteiger partial charge in [0.25, 0.3) is 0 Å². The summed E-state index contributed by atoms with van der Waals surface area (Å²) in [5, 5.41) is 4.54. The summed E-state index contributed by atoms with van der Waals surface area (Å²) in [7, 11) is 1.57. The fourth-order valence-electron chi connectivity index (χ4n) is 2.43. The highest BCUT2D eigenvalue weighted by Gasteiger charge is 2.13. The van der Waals surface area contributed by atoms with Crippen molar-refractivity contribution in [1.82, 2.24) is 5.43 Å². The Kier molecular flexibility index (Phi) is 5.16. The molecule has 0 bridgehead atoms. The SMILES string of the molecule is COc1ccccc1NC(=O)NN(c1ccccc1)c1ccccc1. The van der Waals surface area contributed by atoms with Crippen molar-refractivity contribution in [3.8, 4) is 5.75 Å². The summed E-state index contributed by atoms with van der Waals surface area (Å²) in [5.74, 6) is 0.601. The number of amides is 2. The average Bonchev–Trinajstić information content (AvgIpc) is 2.68. The van der Waals surface area contributed by atoms with Crippen LogP contribution in [0.1, 0.15) is 0 Å². The first-order valence-corrected chi connectivity index (χ1v) is 7.89. The van der Waals surface area contributed by atoms with Gasteiger partial charge in [-0.05, 0) is 36.4 Å². The Morgan fingerprint density at radius 2 is 1.32 bits per heavy atom. The monoisotopic (exact) mass is 333 g/mol. The topological polar surface area (TPSA) is 53.6 Å². The van der Waals surface area contributed by atoms with Crippen molar-refractivity contribution in [3.05, 3.63) is 84.9 Å². The number of carbonyl (C=O) groups is 1. The molecule has 2 amide bonds. The second-order valence-electron chi connectivity index (χ2n) is 5.27. The third-order valence-electron chi connectivity index (χ3n) is 3.60. The molecule has 0 saturated carbocycles. The lowest BCUT2D eigenvalue weighted by molar-refractivity contribution is 0.252. The van der Waals surface area contributed by atoms with Crippen molar-refractivity contribution in [2.45, 2.75) is 0 Å². The number of carbonyl (C=O) groups excluding carboxylic acids is 1. The number of urea groups is 1. The summed E-state index contributed by atoms with van der Waals surface area (Å²) in [6, 6.07) is 26.2. The molecule has 0 aliphatic rings. The van der Waals surface area contributed by atoms with Gasteiger partial charge in [0, 0.05) is 0 Å². The van der Waals surface area contributed by atoms with Crippen molar-refractivity contribution in [1.29, 1.82) is 0 Å². The molecule has 126 valence electrons. The van der Waals surface area contributed by atoms with Crippen molar-refractivity contribution in [2.75, 3.05) is 17.4 Å². The van der Waals surface area contributed by atoms with E-state index in [1.165, 1.54) is 0 Å². The van der Waals surface area contributed by atoms with Crippen LogP contribution in [0.15, 0.2) is 84.9 Å². The van der Waals surface area contributed by atoms with E-state index in [1.807, 2.05) is 72.8 Å². The summed E-state index contributed by atoms with van der Waals surface area (Å²) in [4.78, 5) is 12.5. The fourth-order valence-corrected chi connectivity index (χ4v) is 2.43. The zero-order chi connectivity index (χ0) is 17.5. The molecule has 2 N–H and O–H groups in total. The van der Waals surface area contributed by atoms with Gasteiger partial charge in [0.05, 0.1) is 24.2 Å². The van der Waals surface area contributed by atoms with E-state index in [2.05, 4.69) is 10.7 Å². The molecule has 0 spiro atoms. The molecule has 0 aliphatic heterocycles. The average molecular weight is 333 g/mol. The van der Waals surface area contributed by atoms with Crippen LogP contribution >= 0.6 is 0 Å². The predicted octanol–water partition coefficient (Wildman–Crippen LogP) is 4.57. The van der Waals surface area contributed by atoms with Crippen LogP contribution in [0.3, 0.4) is 0 Å². The van der Waals surface area contributed by atoms with E-state index in [1.54, 1.807) is 24.3 Å². The first kappa shape index (κ1) is 16.4. The largest absolute Gasteiger partial charge is 0.495 e. The van der Waals surface area contributed by atoms with Crippen molar-refractivity contribution in [2.24, 2.45) is 0 Å². The molecule has 0 heterocycles. The lowest BCUT2D eigenvalue weighted by Gasteiger charge is -2.25. The highest BCUT2D eigenvalue weighted by Crippen LogP contribution is 2.25. The van der Waals surface area contributed by atoms with Crippen LogP contribution in [0.5, 0.6) is 5.75 Å². The van der Waals surface area contributed by atoms with E-state index < -0.39 is 0 Å². The molecule has 0 aromatic heterocycles. The van der Waals surface area contributed by atoms with Crippen molar-refractivity contribution in [3.63, 3.8) is 0 Å². The molecule has 0 saturated heterocycles. The standard InChI is InChI=1S/C20H19N3O2/c1-25-19-15-9-8-14-18(19)21-20(24)22-23(16-10-4-2-5-11-16)17-12-6-3-7-13-17/h2-15H,1H3,(H2,21,22,24). The Hall–Kier alpha value is -3.47. The van der Waals surface area contributed by atoms with Gasteiger partial charge in [-0.3, -0.25) is 5.01 Å². The molecule has 25 heavy (non-hydrogen) atoms. The molecule has 3 rings (SSSR count). The zero-order valence-electron chi connectivity index (χ0n) is 13.8. The van der Waals surface area contributed by atoms with E-state index in [9.17, 15) is 4.79 Å². The normalized spacial score (nSPS) is 9.96. The Bertz CT molecular complexity index is 783. The summed E-state index contributed by atoms with van der Waals surface area (Å²) in [6.45, 7) is 0. The number of ether oxygens (including phenoxy) is 1. The highest BCUT2D eigenvalue weighted by molar-refractivity contribution is 5.92. The van der Waals surface area contributed by atoms with Crippen LogP contribution in [-0.2, 0) is 0 Å².